The number of nitriles is 1. The smallest absolute Gasteiger partial charge is 0.0910 e. The van der Waals surface area contributed by atoms with Gasteiger partial charge in [-0.15, -0.1) is 0 Å². The van der Waals surface area contributed by atoms with Crippen molar-refractivity contribution in [1.82, 2.24) is 0 Å². The molecule has 1 rings (SSSR count). The standard InChI is InChI=1S/C7H10FNO/c8-3-1-7(5-9)2-4-10-6-7/h1-4,6H2. The minimum Gasteiger partial charge on any atom is -0.380 e. The maximum atomic E-state index is 11.9. The van der Waals surface area contributed by atoms with Crippen molar-refractivity contribution in [2.45, 2.75) is 12.8 Å². The van der Waals surface area contributed by atoms with Gasteiger partial charge in [0.05, 0.1) is 24.8 Å². The number of rotatable bonds is 2. The lowest BCUT2D eigenvalue weighted by molar-refractivity contribution is 0.165. The van der Waals surface area contributed by atoms with Gasteiger partial charge >= 0.3 is 0 Å². The van der Waals surface area contributed by atoms with Crippen molar-refractivity contribution in [3.8, 4) is 6.07 Å². The molecule has 10 heavy (non-hydrogen) atoms. The molecule has 3 heteroatoms. The molecule has 0 amide bonds. The molecule has 56 valence electrons. The molecule has 1 saturated heterocycles. The van der Waals surface area contributed by atoms with E-state index in [0.29, 0.717) is 26.1 Å². The first-order valence-corrected chi connectivity index (χ1v) is 3.38. The third kappa shape index (κ3) is 1.27. The summed E-state index contributed by atoms with van der Waals surface area (Å²) in [4.78, 5) is 0. The van der Waals surface area contributed by atoms with Gasteiger partial charge in [-0.3, -0.25) is 4.39 Å². The van der Waals surface area contributed by atoms with E-state index in [0.717, 1.165) is 0 Å². The second-order valence-corrected chi connectivity index (χ2v) is 2.63. The lowest BCUT2D eigenvalue weighted by Crippen LogP contribution is -2.18. The molecule has 0 aliphatic carbocycles. The average Bonchev–Trinajstić information content (AvgIpc) is 2.39. The van der Waals surface area contributed by atoms with Crippen LogP contribution >= 0.6 is 0 Å². The van der Waals surface area contributed by atoms with Crippen LogP contribution in [0.1, 0.15) is 12.8 Å². The molecule has 0 saturated carbocycles. The Morgan fingerprint density at radius 3 is 2.90 bits per heavy atom. The van der Waals surface area contributed by atoms with Crippen LogP contribution in [0.2, 0.25) is 0 Å². The highest BCUT2D eigenvalue weighted by Gasteiger charge is 2.34. The summed E-state index contributed by atoms with van der Waals surface area (Å²) < 4.78 is 16.9. The summed E-state index contributed by atoms with van der Waals surface area (Å²) in [5.74, 6) is 0. The van der Waals surface area contributed by atoms with E-state index in [1.807, 2.05) is 0 Å². The van der Waals surface area contributed by atoms with Crippen molar-refractivity contribution in [3.05, 3.63) is 0 Å². The number of halogens is 1. The van der Waals surface area contributed by atoms with Crippen molar-refractivity contribution < 1.29 is 9.13 Å². The van der Waals surface area contributed by atoms with Crippen LogP contribution in [-0.4, -0.2) is 19.9 Å². The van der Waals surface area contributed by atoms with E-state index in [1.165, 1.54) is 0 Å². The van der Waals surface area contributed by atoms with Gasteiger partial charge in [-0.25, -0.2) is 0 Å². The van der Waals surface area contributed by atoms with Crippen molar-refractivity contribution in [2.24, 2.45) is 5.41 Å². The molecule has 1 aliphatic heterocycles. The highest BCUT2D eigenvalue weighted by Crippen LogP contribution is 2.31. The van der Waals surface area contributed by atoms with Crippen molar-refractivity contribution >= 4 is 0 Å². The molecule has 0 aromatic rings. The van der Waals surface area contributed by atoms with E-state index in [-0.39, 0.29) is 0 Å². The van der Waals surface area contributed by atoms with Crippen LogP contribution in [0.15, 0.2) is 0 Å². The maximum absolute atomic E-state index is 11.9. The third-order valence-corrected chi connectivity index (χ3v) is 1.91. The fourth-order valence-corrected chi connectivity index (χ4v) is 1.13. The monoisotopic (exact) mass is 143 g/mol. The Bertz CT molecular complexity index is 146. The highest BCUT2D eigenvalue weighted by molar-refractivity contribution is 5.01. The van der Waals surface area contributed by atoms with Gasteiger partial charge < -0.3 is 4.74 Å². The van der Waals surface area contributed by atoms with Crippen LogP contribution in [0.5, 0.6) is 0 Å². The van der Waals surface area contributed by atoms with E-state index in [2.05, 4.69) is 6.07 Å². The number of hydrogen-bond donors (Lipinski definition) is 0. The number of ether oxygens (including phenoxy) is 1. The first kappa shape index (κ1) is 7.49. The molecule has 0 spiro atoms. The van der Waals surface area contributed by atoms with Crippen LogP contribution in [0, 0.1) is 16.7 Å². The molecule has 1 heterocycles. The van der Waals surface area contributed by atoms with Crippen LogP contribution in [0.4, 0.5) is 4.39 Å². The van der Waals surface area contributed by atoms with Crippen LogP contribution in [-0.2, 0) is 4.74 Å². The molecular formula is C7H10FNO. The Hall–Kier alpha value is -0.620. The quantitative estimate of drug-likeness (QED) is 0.583. The Labute approximate surface area is 59.6 Å². The fraction of sp³-hybridized carbons (Fsp3) is 0.857. The number of hydrogen-bond acceptors (Lipinski definition) is 2. The summed E-state index contributed by atoms with van der Waals surface area (Å²) in [6, 6.07) is 2.11. The normalized spacial score (nSPS) is 32.0. The predicted octanol–water partition coefficient (Wildman–Crippen LogP) is 1.28. The molecule has 1 unspecified atom stereocenters. The topological polar surface area (TPSA) is 33.0 Å². The minimum absolute atomic E-state index is 0.323. The highest BCUT2D eigenvalue weighted by atomic mass is 19.1. The van der Waals surface area contributed by atoms with Gasteiger partial charge in [-0.2, -0.15) is 5.26 Å². The summed E-state index contributed by atoms with van der Waals surface area (Å²) in [6.07, 6.45) is 1.01. The Morgan fingerprint density at radius 1 is 1.70 bits per heavy atom. The van der Waals surface area contributed by atoms with E-state index >= 15 is 0 Å². The first-order chi connectivity index (χ1) is 4.83. The molecule has 1 fully saturated rings. The second kappa shape index (κ2) is 2.98. The number of nitrogens with zero attached hydrogens (tertiary/aromatic N) is 1. The zero-order valence-corrected chi connectivity index (χ0v) is 5.77. The molecule has 0 aromatic heterocycles. The van der Waals surface area contributed by atoms with Crippen LogP contribution in [0.3, 0.4) is 0 Å². The molecule has 2 nitrogen and oxygen atoms in total. The lowest BCUT2D eigenvalue weighted by atomic mass is 9.86. The Morgan fingerprint density at radius 2 is 2.50 bits per heavy atom. The van der Waals surface area contributed by atoms with Crippen molar-refractivity contribution in [2.75, 3.05) is 19.9 Å². The van der Waals surface area contributed by atoms with Gasteiger partial charge in [0.2, 0.25) is 0 Å². The molecule has 0 radical (unpaired) electrons. The Balaban J connectivity index is 2.51. The second-order valence-electron chi connectivity index (χ2n) is 2.63. The van der Waals surface area contributed by atoms with Gasteiger partial charge in [-0.1, -0.05) is 0 Å². The summed E-state index contributed by atoms with van der Waals surface area (Å²) in [6.45, 7) is 0.595. The molecular weight excluding hydrogens is 133 g/mol. The predicted molar refractivity (Wildman–Crippen MR) is 34.1 cm³/mol. The van der Waals surface area contributed by atoms with Crippen LogP contribution < -0.4 is 0 Å². The average molecular weight is 143 g/mol. The maximum Gasteiger partial charge on any atom is 0.0910 e. The van der Waals surface area contributed by atoms with E-state index in [4.69, 9.17) is 10.00 Å². The fourth-order valence-electron chi connectivity index (χ4n) is 1.13. The van der Waals surface area contributed by atoms with Gasteiger partial charge in [0, 0.05) is 6.61 Å². The van der Waals surface area contributed by atoms with Gasteiger partial charge in [-0.05, 0) is 12.8 Å². The van der Waals surface area contributed by atoms with Gasteiger partial charge in [0.15, 0.2) is 0 Å². The Kier molecular flexibility index (Phi) is 2.23. The van der Waals surface area contributed by atoms with Crippen molar-refractivity contribution in [3.63, 3.8) is 0 Å². The zero-order valence-electron chi connectivity index (χ0n) is 5.77. The zero-order chi connectivity index (χ0) is 7.45. The van der Waals surface area contributed by atoms with Gasteiger partial charge in [0.25, 0.3) is 0 Å². The van der Waals surface area contributed by atoms with Crippen LogP contribution in [0.25, 0.3) is 0 Å². The van der Waals surface area contributed by atoms with Gasteiger partial charge in [0.1, 0.15) is 0 Å². The third-order valence-electron chi connectivity index (χ3n) is 1.91. The largest absolute Gasteiger partial charge is 0.380 e. The van der Waals surface area contributed by atoms with E-state index < -0.39 is 12.1 Å². The molecule has 0 bridgehead atoms. The molecule has 0 N–H and O–H groups in total. The van der Waals surface area contributed by atoms with Crippen molar-refractivity contribution in [1.29, 1.82) is 5.26 Å². The minimum atomic E-state index is -0.505. The first-order valence-electron chi connectivity index (χ1n) is 3.38. The van der Waals surface area contributed by atoms with E-state index in [1.54, 1.807) is 0 Å². The SMILES string of the molecule is N#CC1(CCF)CCOC1. The van der Waals surface area contributed by atoms with E-state index in [9.17, 15) is 4.39 Å². The molecule has 1 atom stereocenters. The molecule has 0 aromatic carbocycles. The summed E-state index contributed by atoms with van der Waals surface area (Å²) in [5, 5.41) is 8.65. The lowest BCUT2D eigenvalue weighted by Gasteiger charge is -2.14. The summed E-state index contributed by atoms with van der Waals surface area (Å²) in [5.41, 5.74) is -0.505. The molecule has 1 aliphatic rings. The summed E-state index contributed by atoms with van der Waals surface area (Å²) >= 11 is 0. The number of alkyl halides is 1. The summed E-state index contributed by atoms with van der Waals surface area (Å²) in [7, 11) is 0.